The Morgan fingerprint density at radius 3 is 2.25 bits per heavy atom. The van der Waals surface area contributed by atoms with Gasteiger partial charge in [-0.1, -0.05) is 0 Å². The van der Waals surface area contributed by atoms with Gasteiger partial charge in [0.2, 0.25) is 0 Å². The molecule has 0 aliphatic heterocycles. The average Bonchev–Trinajstić information content (AvgIpc) is 1.67. The molecule has 0 aromatic carbocycles. The number of halogens is 2. The van der Waals surface area contributed by atoms with Gasteiger partial charge in [-0.25, -0.2) is 13.6 Å². The van der Waals surface area contributed by atoms with Crippen LogP contribution in [0.15, 0.2) is 0 Å². The van der Waals surface area contributed by atoms with Crippen LogP contribution in [0.25, 0.3) is 0 Å². The second-order valence-electron chi connectivity index (χ2n) is 1.30. The van der Waals surface area contributed by atoms with E-state index in [0.717, 1.165) is 0 Å². The van der Waals surface area contributed by atoms with Gasteiger partial charge < -0.3 is 5.11 Å². The van der Waals surface area contributed by atoms with Crippen LogP contribution in [0, 0.1) is 0 Å². The summed E-state index contributed by atoms with van der Waals surface area (Å²) < 4.78 is 22.9. The summed E-state index contributed by atoms with van der Waals surface area (Å²) in [6, 6.07) is 0. The molecule has 0 unspecified atom stereocenters. The van der Waals surface area contributed by atoms with Crippen molar-refractivity contribution in [3.63, 3.8) is 0 Å². The summed E-state index contributed by atoms with van der Waals surface area (Å²) in [5.41, 5.74) is 4.22. The molecule has 3 N–H and O–H groups in total. The number of carboxylic acid groups (broad SMARTS) is 1. The largest absolute Gasteiger partial charge is 0.478 e. The fourth-order valence-corrected chi connectivity index (χ4v) is 0.0572. The molecule has 0 aliphatic rings. The highest BCUT2D eigenvalue weighted by Gasteiger charge is 2.33. The Kier molecular flexibility index (Phi) is 1.86. The summed E-state index contributed by atoms with van der Waals surface area (Å²) in [5, 5.41) is 7.70. The third kappa shape index (κ3) is 1.42. The van der Waals surface area contributed by atoms with Crippen LogP contribution in [0.2, 0.25) is 0 Å². The molecule has 5 heteroatoms. The maximum Gasteiger partial charge on any atom is 0.359 e. The van der Waals surface area contributed by atoms with Crippen LogP contribution in [-0.2, 0) is 4.79 Å². The van der Waals surface area contributed by atoms with Gasteiger partial charge in [0, 0.05) is 0 Å². The van der Waals surface area contributed by atoms with E-state index >= 15 is 0 Å². The first-order valence-electron chi connectivity index (χ1n) is 1.78. The Balaban J connectivity index is 3.91. The molecular weight excluding hydrogens is 120 g/mol. The van der Waals surface area contributed by atoms with Crippen LogP contribution < -0.4 is 5.73 Å². The van der Waals surface area contributed by atoms with E-state index in [9.17, 15) is 13.6 Å². The number of hydrogen-bond donors (Lipinski definition) is 2. The van der Waals surface area contributed by atoms with Crippen LogP contribution in [0.3, 0.4) is 0 Å². The van der Waals surface area contributed by atoms with Crippen molar-refractivity contribution < 1.29 is 18.7 Å². The molecule has 0 fully saturated rings. The molecule has 0 saturated carbocycles. The Morgan fingerprint density at radius 2 is 2.25 bits per heavy atom. The van der Waals surface area contributed by atoms with Crippen molar-refractivity contribution in [2.24, 2.45) is 5.73 Å². The van der Waals surface area contributed by atoms with Crippen molar-refractivity contribution in [1.82, 2.24) is 0 Å². The first-order chi connectivity index (χ1) is 3.50. The Morgan fingerprint density at radius 1 is 1.88 bits per heavy atom. The summed E-state index contributed by atoms with van der Waals surface area (Å²) >= 11 is 0. The van der Waals surface area contributed by atoms with E-state index < -0.39 is 18.4 Å². The normalized spacial score (nSPS) is 17.4. The minimum absolute atomic E-state index is 1.71. The fourth-order valence-electron chi connectivity index (χ4n) is 0.0572. The minimum atomic E-state index is -3.21. The van der Waals surface area contributed by atoms with E-state index in [0.29, 0.717) is 0 Å². The Labute approximate surface area is 44.1 Å². The predicted octanol–water partition coefficient (Wildman–Crippen LogP) is -0.335. The molecule has 0 heterocycles. The molecule has 3 nitrogen and oxygen atoms in total. The van der Waals surface area contributed by atoms with E-state index in [4.69, 9.17) is 5.11 Å². The smallest absolute Gasteiger partial charge is 0.359 e. The highest BCUT2D eigenvalue weighted by Crippen LogP contribution is 2.01. The molecule has 0 aliphatic carbocycles. The summed E-state index contributed by atoms with van der Waals surface area (Å²) in [4.78, 5) is 9.51. The number of nitrogens with two attached hydrogens (primary N) is 1. The highest BCUT2D eigenvalue weighted by atomic mass is 19.2. The molecule has 0 radical (unpaired) electrons. The molecule has 48 valence electrons. The van der Waals surface area contributed by atoms with Gasteiger partial charge in [-0.15, -0.1) is 0 Å². The second-order valence-corrected chi connectivity index (χ2v) is 1.30. The summed E-state index contributed by atoms with van der Waals surface area (Å²) in [6.07, 6.45) is 0. The number of alkyl halides is 2. The van der Waals surface area contributed by atoms with Crippen molar-refractivity contribution in [3.05, 3.63) is 0 Å². The summed E-state index contributed by atoms with van der Waals surface area (Å²) in [7, 11) is 0. The van der Waals surface area contributed by atoms with Gasteiger partial charge >= 0.3 is 5.97 Å². The van der Waals surface area contributed by atoms with Crippen LogP contribution >= 0.6 is 0 Å². The van der Waals surface area contributed by atoms with Gasteiger partial charge in [0.15, 0.2) is 0 Å². The maximum absolute atomic E-state index is 11.7. The second kappa shape index (κ2) is 2.04. The van der Waals surface area contributed by atoms with Gasteiger partial charge in [-0.2, -0.15) is 0 Å². The molecule has 1 atom stereocenters. The Hall–Kier alpha value is -0.710. The van der Waals surface area contributed by atoms with Crippen molar-refractivity contribution >= 4 is 5.97 Å². The monoisotopic (exact) mass is 125 g/mol. The number of carbonyl (C=O) groups is 1. The third-order valence-corrected chi connectivity index (χ3v) is 0.550. The molecule has 0 bridgehead atoms. The highest BCUT2D eigenvalue weighted by molar-refractivity contribution is 5.76. The van der Waals surface area contributed by atoms with Crippen molar-refractivity contribution in [2.75, 3.05) is 6.67 Å². The molecule has 0 spiro atoms. The maximum atomic E-state index is 11.7. The first kappa shape index (κ1) is 7.29. The number of rotatable bonds is 2. The van der Waals surface area contributed by atoms with Crippen LogP contribution in [0.4, 0.5) is 8.78 Å². The standard InChI is InChI=1S/C3H5F2NO2/c4-1-3(5,6)2(7)8/h1,6H2,(H,7,8)/t3-/m0/s1. The lowest BCUT2D eigenvalue weighted by molar-refractivity contribution is -0.151. The molecule has 0 aromatic heterocycles. The third-order valence-electron chi connectivity index (χ3n) is 0.550. The number of aliphatic carboxylic acids is 1. The van der Waals surface area contributed by atoms with Crippen molar-refractivity contribution in [3.8, 4) is 0 Å². The molecule has 0 rings (SSSR count). The van der Waals surface area contributed by atoms with Crippen molar-refractivity contribution in [2.45, 2.75) is 5.79 Å². The van der Waals surface area contributed by atoms with Gasteiger partial charge in [-0.05, 0) is 0 Å². The SMILES string of the molecule is N[C@@](F)(CF)C(=O)O. The van der Waals surface area contributed by atoms with E-state index in [1.54, 1.807) is 0 Å². The van der Waals surface area contributed by atoms with E-state index in [2.05, 4.69) is 5.73 Å². The fraction of sp³-hybridized carbons (Fsp3) is 0.667. The van der Waals surface area contributed by atoms with E-state index in [1.165, 1.54) is 0 Å². The van der Waals surface area contributed by atoms with Gasteiger partial charge in [0.1, 0.15) is 6.67 Å². The predicted molar refractivity (Wildman–Crippen MR) is 21.6 cm³/mol. The molecule has 0 amide bonds. The van der Waals surface area contributed by atoms with E-state index in [-0.39, 0.29) is 0 Å². The van der Waals surface area contributed by atoms with Gasteiger partial charge in [0.25, 0.3) is 5.79 Å². The van der Waals surface area contributed by atoms with E-state index in [1.807, 2.05) is 0 Å². The molecule has 0 saturated heterocycles. The Bertz CT molecular complexity index is 103. The van der Waals surface area contributed by atoms with Crippen LogP contribution in [0.5, 0.6) is 0 Å². The quantitative estimate of drug-likeness (QED) is 0.496. The summed E-state index contributed by atoms with van der Waals surface area (Å²) in [6.45, 7) is -1.71. The zero-order valence-electron chi connectivity index (χ0n) is 3.90. The van der Waals surface area contributed by atoms with Gasteiger partial charge in [-0.3, -0.25) is 5.73 Å². The summed E-state index contributed by atoms with van der Waals surface area (Å²) in [5.74, 6) is -5.19. The molecular formula is C3H5F2NO2. The number of hydrogen-bond acceptors (Lipinski definition) is 2. The van der Waals surface area contributed by atoms with Crippen LogP contribution in [0.1, 0.15) is 0 Å². The molecule has 8 heavy (non-hydrogen) atoms. The van der Waals surface area contributed by atoms with Crippen molar-refractivity contribution in [1.29, 1.82) is 0 Å². The minimum Gasteiger partial charge on any atom is -0.478 e. The number of carboxylic acids is 1. The lowest BCUT2D eigenvalue weighted by Crippen LogP contribution is -2.45. The average molecular weight is 125 g/mol. The zero-order chi connectivity index (χ0) is 6.78. The van der Waals surface area contributed by atoms with Crippen LogP contribution in [-0.4, -0.2) is 23.5 Å². The lowest BCUT2D eigenvalue weighted by Gasteiger charge is -2.07. The first-order valence-corrected chi connectivity index (χ1v) is 1.78. The van der Waals surface area contributed by atoms with Gasteiger partial charge in [0.05, 0.1) is 0 Å². The lowest BCUT2D eigenvalue weighted by atomic mass is 10.3. The topological polar surface area (TPSA) is 63.3 Å². The zero-order valence-corrected chi connectivity index (χ0v) is 3.90. The molecule has 0 aromatic rings.